The lowest BCUT2D eigenvalue weighted by atomic mass is 9.67. The molecule has 1 heteroatoms. The fraction of sp³-hybridized carbons (Fsp3) is 0.767. The third kappa shape index (κ3) is 7.47. The zero-order valence-electron chi connectivity index (χ0n) is 20.5. The molecule has 1 aromatic carbocycles. The summed E-state index contributed by atoms with van der Waals surface area (Å²) >= 11 is 0. The first-order valence-corrected chi connectivity index (χ1v) is 13.7. The highest BCUT2D eigenvalue weighted by atomic mass is 16.1. The smallest absolute Gasteiger partial charge is 0.126 e. The number of aldehydes is 1. The van der Waals surface area contributed by atoms with Gasteiger partial charge >= 0.3 is 0 Å². The van der Waals surface area contributed by atoms with Crippen molar-refractivity contribution in [2.45, 2.75) is 129 Å². The molecule has 3 rings (SSSR count). The summed E-state index contributed by atoms with van der Waals surface area (Å²) in [7, 11) is 0. The lowest BCUT2D eigenvalue weighted by Gasteiger charge is -2.36. The maximum Gasteiger partial charge on any atom is 0.126 e. The van der Waals surface area contributed by atoms with Crippen LogP contribution in [0.25, 0.3) is 0 Å². The van der Waals surface area contributed by atoms with Gasteiger partial charge in [0.2, 0.25) is 0 Å². The molecule has 0 saturated heterocycles. The highest BCUT2D eigenvalue weighted by Gasteiger charge is 2.34. The Bertz CT molecular complexity index is 614. The molecule has 0 unspecified atom stereocenters. The first kappa shape index (κ1) is 24.5. The van der Waals surface area contributed by atoms with E-state index >= 15 is 0 Å². The van der Waals surface area contributed by atoms with Gasteiger partial charge in [0.15, 0.2) is 0 Å². The van der Waals surface area contributed by atoms with Crippen LogP contribution in [0, 0.1) is 17.3 Å². The van der Waals surface area contributed by atoms with Crippen LogP contribution >= 0.6 is 0 Å². The Hall–Kier alpha value is -1.11. The summed E-state index contributed by atoms with van der Waals surface area (Å²) in [6, 6.07) is 9.57. The van der Waals surface area contributed by atoms with E-state index in [0.717, 1.165) is 31.1 Å². The topological polar surface area (TPSA) is 17.1 Å². The third-order valence-electron chi connectivity index (χ3n) is 8.73. The largest absolute Gasteiger partial charge is 0.303 e. The van der Waals surface area contributed by atoms with Crippen LogP contribution in [0.2, 0.25) is 0 Å². The normalized spacial score (nSPS) is 29.0. The van der Waals surface area contributed by atoms with Gasteiger partial charge in [0.05, 0.1) is 0 Å². The van der Waals surface area contributed by atoms with Gasteiger partial charge in [-0.2, -0.15) is 0 Å². The maximum atomic E-state index is 11.8. The first-order valence-electron chi connectivity index (χ1n) is 13.7. The van der Waals surface area contributed by atoms with Crippen LogP contribution in [-0.2, 0) is 11.2 Å². The van der Waals surface area contributed by atoms with Crippen molar-refractivity contribution in [2.24, 2.45) is 17.3 Å². The monoisotopic (exact) mass is 424 g/mol. The van der Waals surface area contributed by atoms with E-state index in [2.05, 4.69) is 38.1 Å². The second-order valence-corrected chi connectivity index (χ2v) is 11.0. The van der Waals surface area contributed by atoms with Gasteiger partial charge in [-0.1, -0.05) is 102 Å². The van der Waals surface area contributed by atoms with E-state index in [1.807, 2.05) is 0 Å². The molecule has 31 heavy (non-hydrogen) atoms. The summed E-state index contributed by atoms with van der Waals surface area (Å²) in [4.78, 5) is 11.8. The number of unbranched alkanes of at least 4 members (excludes halogenated alkanes) is 3. The SMILES string of the molecule is CCCCC[C@H]1CC[C@H](CCc2ccc(C3CCC(C=O)(CCCC)CC3)cc2)CC1. The second kappa shape index (κ2) is 12.8. The van der Waals surface area contributed by atoms with Crippen molar-refractivity contribution in [2.75, 3.05) is 0 Å². The molecule has 0 N–H and O–H groups in total. The third-order valence-corrected chi connectivity index (χ3v) is 8.73. The lowest BCUT2D eigenvalue weighted by Crippen LogP contribution is -2.28. The van der Waals surface area contributed by atoms with Crippen molar-refractivity contribution in [3.05, 3.63) is 35.4 Å². The van der Waals surface area contributed by atoms with Gasteiger partial charge < -0.3 is 4.79 Å². The molecular weight excluding hydrogens is 376 g/mol. The molecule has 0 radical (unpaired) electrons. The lowest BCUT2D eigenvalue weighted by molar-refractivity contribution is -0.118. The summed E-state index contributed by atoms with van der Waals surface area (Å²) in [5.74, 6) is 2.64. The van der Waals surface area contributed by atoms with Crippen molar-refractivity contribution < 1.29 is 4.79 Å². The van der Waals surface area contributed by atoms with E-state index < -0.39 is 0 Å². The Morgan fingerprint density at radius 3 is 2.00 bits per heavy atom. The molecule has 0 spiro atoms. The molecule has 0 aliphatic heterocycles. The number of benzene rings is 1. The van der Waals surface area contributed by atoms with Crippen LogP contribution in [0.1, 0.15) is 134 Å². The summed E-state index contributed by atoms with van der Waals surface area (Å²) in [6.45, 7) is 4.54. The number of aryl methyl sites for hydroxylation is 1. The summed E-state index contributed by atoms with van der Waals surface area (Å²) in [5.41, 5.74) is 3.02. The minimum absolute atomic E-state index is 0.0124. The van der Waals surface area contributed by atoms with Gasteiger partial charge in [-0.05, 0) is 73.8 Å². The Balaban J connectivity index is 1.39. The molecule has 2 fully saturated rings. The summed E-state index contributed by atoms with van der Waals surface area (Å²) < 4.78 is 0. The van der Waals surface area contributed by atoms with Crippen LogP contribution in [0.4, 0.5) is 0 Å². The van der Waals surface area contributed by atoms with Crippen LogP contribution in [-0.4, -0.2) is 6.29 Å². The molecule has 1 aromatic rings. The van der Waals surface area contributed by atoms with Crippen molar-refractivity contribution in [1.82, 2.24) is 0 Å². The molecule has 0 amide bonds. The van der Waals surface area contributed by atoms with Gasteiger partial charge in [-0.3, -0.25) is 0 Å². The molecule has 0 aromatic heterocycles. The molecular formula is C30H48O. The number of hydrogen-bond acceptors (Lipinski definition) is 1. The Morgan fingerprint density at radius 2 is 1.42 bits per heavy atom. The molecule has 1 nitrogen and oxygen atoms in total. The maximum absolute atomic E-state index is 11.8. The molecule has 0 atom stereocenters. The van der Waals surface area contributed by atoms with Crippen molar-refractivity contribution in [1.29, 1.82) is 0 Å². The van der Waals surface area contributed by atoms with E-state index in [1.54, 1.807) is 0 Å². The molecule has 174 valence electrons. The number of rotatable bonds is 12. The highest BCUT2D eigenvalue weighted by molar-refractivity contribution is 5.59. The van der Waals surface area contributed by atoms with Crippen LogP contribution < -0.4 is 0 Å². The van der Waals surface area contributed by atoms with Crippen molar-refractivity contribution in [3.63, 3.8) is 0 Å². The Kier molecular flexibility index (Phi) is 10.1. The minimum Gasteiger partial charge on any atom is -0.303 e. The fourth-order valence-electron chi connectivity index (χ4n) is 6.30. The fourth-order valence-corrected chi connectivity index (χ4v) is 6.30. The highest BCUT2D eigenvalue weighted by Crippen LogP contribution is 2.44. The van der Waals surface area contributed by atoms with Crippen molar-refractivity contribution >= 4 is 6.29 Å². The predicted molar refractivity (Wildman–Crippen MR) is 134 cm³/mol. The Labute approximate surface area is 192 Å². The van der Waals surface area contributed by atoms with E-state index in [9.17, 15) is 4.79 Å². The van der Waals surface area contributed by atoms with Gasteiger partial charge in [0.25, 0.3) is 0 Å². The standard InChI is InChI=1S/C30H48O/c1-3-5-7-8-25-9-11-26(12-10-25)13-14-27-15-17-28(18-16-27)29-19-22-30(24-31,23-20-29)21-6-4-2/h15-18,24-26,29H,3-14,19-23H2,1-2H3/t25-,26-,29?,30?. The van der Waals surface area contributed by atoms with E-state index in [1.165, 1.54) is 107 Å². The predicted octanol–water partition coefficient (Wildman–Crippen LogP) is 9.04. The molecule has 2 aliphatic rings. The number of carbonyl (C=O) groups excluding carboxylic acids is 1. The van der Waals surface area contributed by atoms with Crippen LogP contribution in [0.5, 0.6) is 0 Å². The Morgan fingerprint density at radius 1 is 0.806 bits per heavy atom. The molecule has 2 aliphatic carbocycles. The van der Waals surface area contributed by atoms with Gasteiger partial charge in [-0.15, -0.1) is 0 Å². The average Bonchev–Trinajstić information content (AvgIpc) is 2.83. The first-order chi connectivity index (χ1) is 15.2. The van der Waals surface area contributed by atoms with E-state index in [4.69, 9.17) is 0 Å². The quantitative estimate of drug-likeness (QED) is 0.241. The van der Waals surface area contributed by atoms with Crippen molar-refractivity contribution in [3.8, 4) is 0 Å². The number of hydrogen-bond donors (Lipinski definition) is 0. The van der Waals surface area contributed by atoms with Gasteiger partial charge in [-0.25, -0.2) is 0 Å². The molecule has 2 saturated carbocycles. The van der Waals surface area contributed by atoms with Gasteiger partial charge in [0, 0.05) is 5.41 Å². The van der Waals surface area contributed by atoms with Crippen LogP contribution in [0.3, 0.4) is 0 Å². The summed E-state index contributed by atoms with van der Waals surface area (Å²) in [5, 5.41) is 0. The molecule has 0 heterocycles. The molecule has 0 bridgehead atoms. The summed E-state index contributed by atoms with van der Waals surface area (Å²) in [6.07, 6.45) is 23.6. The average molecular weight is 425 g/mol. The van der Waals surface area contributed by atoms with Crippen LogP contribution in [0.15, 0.2) is 24.3 Å². The zero-order chi connectivity index (χ0) is 21.9. The van der Waals surface area contributed by atoms with Gasteiger partial charge in [0.1, 0.15) is 6.29 Å². The minimum atomic E-state index is -0.0124. The van der Waals surface area contributed by atoms with E-state index in [0.29, 0.717) is 5.92 Å². The number of carbonyl (C=O) groups is 1. The second-order valence-electron chi connectivity index (χ2n) is 11.0. The van der Waals surface area contributed by atoms with E-state index in [-0.39, 0.29) is 5.41 Å². The zero-order valence-corrected chi connectivity index (χ0v) is 20.5.